The predicted octanol–water partition coefficient (Wildman–Crippen LogP) is 6.78. The number of non-ortho nitro benzene ring substituents is 1. The van der Waals surface area contributed by atoms with Crippen LogP contribution in [0.3, 0.4) is 0 Å². The Balaban J connectivity index is 1.62. The van der Waals surface area contributed by atoms with Crippen molar-refractivity contribution in [1.82, 2.24) is 4.57 Å². The van der Waals surface area contributed by atoms with Crippen molar-refractivity contribution in [2.24, 2.45) is 0 Å². The van der Waals surface area contributed by atoms with Gasteiger partial charge >= 0.3 is 0 Å². The van der Waals surface area contributed by atoms with Gasteiger partial charge in [-0.2, -0.15) is 0 Å². The maximum absolute atomic E-state index is 11.1. The van der Waals surface area contributed by atoms with Crippen molar-refractivity contribution in [1.29, 1.82) is 0 Å². The molecule has 6 heteroatoms. The summed E-state index contributed by atoms with van der Waals surface area (Å²) in [6.45, 7) is 2.17. The number of aromatic nitrogens is 1. The van der Waals surface area contributed by atoms with Gasteiger partial charge in [0.25, 0.3) is 5.69 Å². The Morgan fingerprint density at radius 1 is 0.909 bits per heavy atom. The number of ether oxygens (including phenoxy) is 2. The van der Waals surface area contributed by atoms with Crippen LogP contribution >= 0.6 is 0 Å². The van der Waals surface area contributed by atoms with E-state index in [2.05, 4.69) is 41.8 Å². The summed E-state index contributed by atoms with van der Waals surface area (Å²) in [5, 5.41) is 13.3. The summed E-state index contributed by atoms with van der Waals surface area (Å²) >= 11 is 0. The van der Waals surface area contributed by atoms with Gasteiger partial charge in [-0.1, -0.05) is 23.8 Å². The van der Waals surface area contributed by atoms with E-state index in [-0.39, 0.29) is 22.6 Å². The van der Waals surface area contributed by atoms with Gasteiger partial charge in [0, 0.05) is 45.9 Å². The molecule has 1 aliphatic rings. The van der Waals surface area contributed by atoms with E-state index >= 15 is 0 Å². The molecule has 1 aromatic heterocycles. The molecule has 0 fully saturated rings. The molecule has 33 heavy (non-hydrogen) atoms. The second-order valence-corrected chi connectivity index (χ2v) is 8.70. The van der Waals surface area contributed by atoms with Gasteiger partial charge in [-0.05, 0) is 61.7 Å². The summed E-state index contributed by atoms with van der Waals surface area (Å²) in [5.74, 6) is 1.86. The van der Waals surface area contributed by atoms with Gasteiger partial charge in [-0.25, -0.2) is 0 Å². The molecule has 168 valence electrons. The quantitative estimate of drug-likeness (QED) is 0.194. The number of hydrogen-bond acceptors (Lipinski definition) is 4. The summed E-state index contributed by atoms with van der Waals surface area (Å²) < 4.78 is 13.4. The first-order valence-electron chi connectivity index (χ1n) is 11.1. The van der Waals surface area contributed by atoms with E-state index in [1.165, 1.54) is 16.6 Å². The molecular formula is C27H26N2O4. The molecule has 6 nitrogen and oxygen atoms in total. The molecule has 1 aliphatic carbocycles. The van der Waals surface area contributed by atoms with E-state index in [4.69, 9.17) is 9.47 Å². The van der Waals surface area contributed by atoms with Crippen LogP contribution in [0.4, 0.5) is 5.69 Å². The molecule has 5 rings (SSSR count). The van der Waals surface area contributed by atoms with Crippen LogP contribution < -0.4 is 9.47 Å². The van der Waals surface area contributed by atoms with Crippen molar-refractivity contribution in [3.05, 3.63) is 88.0 Å². The first-order chi connectivity index (χ1) is 16.0. The number of nitro benzene ring substituents is 1. The summed E-state index contributed by atoms with van der Waals surface area (Å²) in [5.41, 5.74) is 4.89. The first kappa shape index (κ1) is 21.1. The number of allylic oxidation sites excluding steroid dienone is 2. The highest BCUT2D eigenvalue weighted by atomic mass is 16.6. The van der Waals surface area contributed by atoms with Crippen molar-refractivity contribution >= 4 is 27.5 Å². The second kappa shape index (κ2) is 8.28. The molecule has 0 N–H and O–H groups in total. The fourth-order valence-corrected chi connectivity index (χ4v) is 5.16. The van der Waals surface area contributed by atoms with Crippen LogP contribution in [0.2, 0.25) is 0 Å². The zero-order valence-electron chi connectivity index (χ0n) is 18.9. The van der Waals surface area contributed by atoms with Gasteiger partial charge in [-0.3, -0.25) is 10.1 Å². The van der Waals surface area contributed by atoms with Crippen LogP contribution in [0.1, 0.15) is 37.3 Å². The van der Waals surface area contributed by atoms with E-state index in [0.717, 1.165) is 40.7 Å². The van der Waals surface area contributed by atoms with Crippen LogP contribution in [-0.2, 0) is 0 Å². The van der Waals surface area contributed by atoms with E-state index in [1.54, 1.807) is 26.4 Å². The van der Waals surface area contributed by atoms with Crippen LogP contribution in [0.25, 0.3) is 21.8 Å². The van der Waals surface area contributed by atoms with Crippen LogP contribution in [-0.4, -0.2) is 23.7 Å². The van der Waals surface area contributed by atoms with E-state index in [0.29, 0.717) is 0 Å². The Morgan fingerprint density at radius 3 is 2.00 bits per heavy atom. The molecule has 0 bridgehead atoms. The van der Waals surface area contributed by atoms with Gasteiger partial charge < -0.3 is 14.0 Å². The molecule has 0 saturated carbocycles. The molecule has 1 heterocycles. The maximum Gasteiger partial charge on any atom is 0.269 e. The number of nitro groups is 1. The Kier molecular flexibility index (Phi) is 5.29. The summed E-state index contributed by atoms with van der Waals surface area (Å²) in [7, 11) is 3.37. The average molecular weight is 443 g/mol. The highest BCUT2D eigenvalue weighted by molar-refractivity contribution is 6.09. The predicted molar refractivity (Wildman–Crippen MR) is 130 cm³/mol. The van der Waals surface area contributed by atoms with Gasteiger partial charge in [0.1, 0.15) is 11.5 Å². The zero-order valence-corrected chi connectivity index (χ0v) is 18.9. The Labute approximate surface area is 192 Å². The van der Waals surface area contributed by atoms with Gasteiger partial charge in [0.2, 0.25) is 0 Å². The van der Waals surface area contributed by atoms with Crippen molar-refractivity contribution in [2.75, 3.05) is 14.2 Å². The molecule has 0 spiro atoms. The lowest BCUT2D eigenvalue weighted by Crippen LogP contribution is -2.17. The molecule has 3 aromatic carbocycles. The SMILES string of the molecule is COc1ccc2c(c1)c1cc(OC)ccc1n2C1CC(C)=CC(c2ccc([N+](=O)[O-])cc2)C1. The Hall–Kier alpha value is -3.80. The number of methoxy groups -OCH3 is 2. The van der Waals surface area contributed by atoms with Gasteiger partial charge in [-0.15, -0.1) is 0 Å². The highest BCUT2D eigenvalue weighted by Gasteiger charge is 2.27. The van der Waals surface area contributed by atoms with E-state index < -0.39 is 0 Å². The summed E-state index contributed by atoms with van der Waals surface area (Å²) in [4.78, 5) is 10.7. The van der Waals surface area contributed by atoms with Crippen molar-refractivity contribution in [2.45, 2.75) is 31.7 Å². The lowest BCUT2D eigenvalue weighted by atomic mass is 9.83. The van der Waals surface area contributed by atoms with Crippen molar-refractivity contribution < 1.29 is 14.4 Å². The lowest BCUT2D eigenvalue weighted by Gasteiger charge is -2.30. The molecule has 0 saturated heterocycles. The lowest BCUT2D eigenvalue weighted by molar-refractivity contribution is -0.384. The molecular weight excluding hydrogens is 416 g/mol. The number of fused-ring (bicyclic) bond motifs is 3. The first-order valence-corrected chi connectivity index (χ1v) is 11.1. The monoisotopic (exact) mass is 442 g/mol. The van der Waals surface area contributed by atoms with Crippen LogP contribution in [0, 0.1) is 10.1 Å². The maximum atomic E-state index is 11.1. The molecule has 4 aromatic rings. The molecule has 2 unspecified atom stereocenters. The van der Waals surface area contributed by atoms with Gasteiger partial charge in [0.15, 0.2) is 0 Å². The topological polar surface area (TPSA) is 66.5 Å². The van der Waals surface area contributed by atoms with Crippen LogP contribution in [0.15, 0.2) is 72.3 Å². The smallest absolute Gasteiger partial charge is 0.269 e. The number of nitrogens with zero attached hydrogens (tertiary/aromatic N) is 2. The van der Waals surface area contributed by atoms with E-state index in [9.17, 15) is 10.1 Å². The Morgan fingerprint density at radius 2 is 1.48 bits per heavy atom. The highest BCUT2D eigenvalue weighted by Crippen LogP contribution is 2.43. The molecule has 0 radical (unpaired) electrons. The minimum atomic E-state index is -0.352. The minimum Gasteiger partial charge on any atom is -0.497 e. The third kappa shape index (κ3) is 3.71. The standard InChI is InChI=1S/C27H26N2O4/c1-17-12-19(18-4-6-20(7-5-18)29(30)31)14-21(13-17)28-26-10-8-22(32-2)15-24(26)25-16-23(33-3)9-11-27(25)28/h4-12,15-16,19,21H,13-14H2,1-3H3. The van der Waals surface area contributed by atoms with Crippen molar-refractivity contribution in [3.8, 4) is 11.5 Å². The van der Waals surface area contributed by atoms with Crippen LogP contribution in [0.5, 0.6) is 11.5 Å². The number of benzene rings is 3. The van der Waals surface area contributed by atoms with E-state index in [1.807, 2.05) is 24.3 Å². The number of rotatable bonds is 5. The molecule has 0 amide bonds. The molecule has 0 aliphatic heterocycles. The van der Waals surface area contributed by atoms with Gasteiger partial charge in [0.05, 0.1) is 19.1 Å². The fourth-order valence-electron chi connectivity index (χ4n) is 5.16. The second-order valence-electron chi connectivity index (χ2n) is 8.70. The largest absolute Gasteiger partial charge is 0.497 e. The molecule has 2 atom stereocenters. The third-order valence-electron chi connectivity index (χ3n) is 6.68. The Bertz CT molecular complexity index is 1320. The minimum absolute atomic E-state index is 0.122. The zero-order chi connectivity index (χ0) is 23.1. The number of hydrogen-bond donors (Lipinski definition) is 0. The van der Waals surface area contributed by atoms with Crippen molar-refractivity contribution in [3.63, 3.8) is 0 Å². The summed E-state index contributed by atoms with van der Waals surface area (Å²) in [6, 6.07) is 19.7. The summed E-state index contributed by atoms with van der Waals surface area (Å²) in [6.07, 6.45) is 4.18. The normalized spacial score (nSPS) is 18.3. The average Bonchev–Trinajstić information content (AvgIpc) is 3.16. The fraction of sp³-hybridized carbons (Fsp3) is 0.259. The third-order valence-corrected chi connectivity index (χ3v) is 6.68.